The van der Waals surface area contributed by atoms with Crippen LogP contribution < -0.4 is 0 Å². The molecule has 0 unspecified atom stereocenters. The second kappa shape index (κ2) is 4.01. The van der Waals surface area contributed by atoms with E-state index in [1.165, 1.54) is 0 Å². The first kappa shape index (κ1) is 12.3. The Hall–Kier alpha value is -0.760. The van der Waals surface area contributed by atoms with Crippen LogP contribution >= 0.6 is 0 Å². The lowest BCUT2D eigenvalue weighted by molar-refractivity contribution is -0.286. The van der Waals surface area contributed by atoms with Gasteiger partial charge in [0.05, 0.1) is 13.2 Å². The first-order chi connectivity index (χ1) is 6.80. The number of alkyl halides is 4. The SMILES string of the molecule is O=C(F)C(F)(F)C(F)(F)N1CCOCC1. The maximum atomic E-state index is 13.0. The van der Waals surface area contributed by atoms with E-state index in [1.54, 1.807) is 0 Å². The Balaban J connectivity index is 2.84. The summed E-state index contributed by atoms with van der Waals surface area (Å²) in [5.41, 5.74) is 0. The lowest BCUT2D eigenvalue weighted by Crippen LogP contribution is -2.60. The fraction of sp³-hybridized carbons (Fsp3) is 0.857. The van der Waals surface area contributed by atoms with Crippen LogP contribution in [0.4, 0.5) is 22.0 Å². The minimum absolute atomic E-state index is 0.0357. The summed E-state index contributed by atoms with van der Waals surface area (Å²) >= 11 is 0. The zero-order valence-electron chi connectivity index (χ0n) is 7.48. The monoisotopic (exact) mass is 233 g/mol. The van der Waals surface area contributed by atoms with E-state index in [0.717, 1.165) is 0 Å². The zero-order chi connectivity index (χ0) is 11.7. The number of carbonyl (C=O) groups excluding carboxylic acids is 1. The van der Waals surface area contributed by atoms with Gasteiger partial charge in [-0.1, -0.05) is 0 Å². The van der Waals surface area contributed by atoms with Gasteiger partial charge in [-0.15, -0.1) is 0 Å². The highest BCUT2D eigenvalue weighted by molar-refractivity contribution is 5.77. The van der Waals surface area contributed by atoms with Crippen LogP contribution in [-0.2, 0) is 9.53 Å². The normalized spacial score (nSPS) is 20.3. The largest absolute Gasteiger partial charge is 0.412 e. The molecule has 0 bridgehead atoms. The van der Waals surface area contributed by atoms with Crippen molar-refractivity contribution in [3.8, 4) is 0 Å². The Kier molecular flexibility index (Phi) is 3.29. The van der Waals surface area contributed by atoms with Crippen molar-refractivity contribution in [2.75, 3.05) is 26.3 Å². The van der Waals surface area contributed by atoms with E-state index >= 15 is 0 Å². The van der Waals surface area contributed by atoms with Crippen molar-refractivity contribution in [1.82, 2.24) is 4.90 Å². The minimum atomic E-state index is -5.32. The Morgan fingerprint density at radius 2 is 1.60 bits per heavy atom. The van der Waals surface area contributed by atoms with Gasteiger partial charge in [-0.05, 0) is 0 Å². The molecule has 1 fully saturated rings. The van der Waals surface area contributed by atoms with Gasteiger partial charge in [0.25, 0.3) is 0 Å². The van der Waals surface area contributed by atoms with E-state index in [1.807, 2.05) is 0 Å². The smallest absolute Gasteiger partial charge is 0.379 e. The summed E-state index contributed by atoms with van der Waals surface area (Å²) < 4.78 is 67.6. The Morgan fingerprint density at radius 1 is 1.13 bits per heavy atom. The molecule has 1 heterocycles. The van der Waals surface area contributed by atoms with Crippen LogP contribution in [0.5, 0.6) is 0 Å². The van der Waals surface area contributed by atoms with Crippen LogP contribution in [0, 0.1) is 0 Å². The molecular formula is C7H8F5NO2. The molecule has 0 atom stereocenters. The van der Waals surface area contributed by atoms with Crippen LogP contribution in [0.3, 0.4) is 0 Å². The van der Waals surface area contributed by atoms with E-state index < -0.39 is 31.1 Å². The van der Waals surface area contributed by atoms with Gasteiger partial charge >= 0.3 is 18.0 Å². The van der Waals surface area contributed by atoms with Crippen LogP contribution in [-0.4, -0.2) is 49.2 Å². The van der Waals surface area contributed by atoms with Gasteiger partial charge < -0.3 is 4.74 Å². The van der Waals surface area contributed by atoms with Gasteiger partial charge in [0.1, 0.15) is 0 Å². The third kappa shape index (κ3) is 2.10. The minimum Gasteiger partial charge on any atom is -0.379 e. The molecule has 0 N–H and O–H groups in total. The summed E-state index contributed by atoms with van der Waals surface area (Å²) in [7, 11) is 0. The lowest BCUT2D eigenvalue weighted by atomic mass is 10.2. The van der Waals surface area contributed by atoms with Crippen molar-refractivity contribution in [3.05, 3.63) is 0 Å². The molecule has 1 aliphatic heterocycles. The molecule has 1 aliphatic rings. The van der Waals surface area contributed by atoms with Gasteiger partial charge in [0.2, 0.25) is 0 Å². The van der Waals surface area contributed by atoms with Gasteiger partial charge in [0, 0.05) is 13.1 Å². The first-order valence-corrected chi connectivity index (χ1v) is 4.08. The molecule has 1 saturated heterocycles. The Labute approximate surface area is 81.8 Å². The second-order valence-corrected chi connectivity index (χ2v) is 2.99. The predicted molar refractivity (Wildman–Crippen MR) is 38.4 cm³/mol. The summed E-state index contributed by atoms with van der Waals surface area (Å²) in [6.45, 7) is -1.27. The summed E-state index contributed by atoms with van der Waals surface area (Å²) in [6.07, 6.45) is 0. The molecular weight excluding hydrogens is 225 g/mol. The molecule has 88 valence electrons. The number of rotatable bonds is 3. The number of halogens is 5. The van der Waals surface area contributed by atoms with Crippen molar-refractivity contribution < 1.29 is 31.5 Å². The first-order valence-electron chi connectivity index (χ1n) is 4.08. The number of ether oxygens (including phenoxy) is 1. The molecule has 3 nitrogen and oxygen atoms in total. The molecule has 0 saturated carbocycles. The Morgan fingerprint density at radius 3 is 2.00 bits per heavy atom. The van der Waals surface area contributed by atoms with Gasteiger partial charge in [-0.2, -0.15) is 22.0 Å². The fourth-order valence-corrected chi connectivity index (χ4v) is 1.16. The maximum absolute atomic E-state index is 13.0. The number of hydrogen-bond acceptors (Lipinski definition) is 3. The number of hydrogen-bond donors (Lipinski definition) is 0. The fourth-order valence-electron chi connectivity index (χ4n) is 1.16. The average Bonchev–Trinajstić information content (AvgIpc) is 2.18. The van der Waals surface area contributed by atoms with Crippen LogP contribution in [0.1, 0.15) is 0 Å². The van der Waals surface area contributed by atoms with Gasteiger partial charge in [0.15, 0.2) is 0 Å². The van der Waals surface area contributed by atoms with E-state index in [9.17, 15) is 26.7 Å². The van der Waals surface area contributed by atoms with Gasteiger partial charge in [-0.25, -0.2) is 4.90 Å². The van der Waals surface area contributed by atoms with Crippen molar-refractivity contribution in [3.63, 3.8) is 0 Å². The van der Waals surface area contributed by atoms with Crippen LogP contribution in [0.15, 0.2) is 0 Å². The standard InChI is InChI=1S/C7H8F5NO2/c8-5(14)6(9,10)7(11,12)13-1-3-15-4-2-13/h1-4H2. The average molecular weight is 233 g/mol. The number of carbonyl (C=O) groups is 1. The van der Waals surface area contributed by atoms with E-state index in [0.29, 0.717) is 0 Å². The molecule has 8 heteroatoms. The van der Waals surface area contributed by atoms with Crippen molar-refractivity contribution >= 4 is 6.04 Å². The van der Waals surface area contributed by atoms with E-state index in [-0.39, 0.29) is 18.1 Å². The number of morpholine rings is 1. The predicted octanol–water partition coefficient (Wildman–Crippen LogP) is 1.04. The van der Waals surface area contributed by atoms with E-state index in [2.05, 4.69) is 4.74 Å². The molecule has 15 heavy (non-hydrogen) atoms. The van der Waals surface area contributed by atoms with Gasteiger partial charge in [-0.3, -0.25) is 4.79 Å². The molecule has 0 aromatic carbocycles. The molecule has 0 amide bonds. The maximum Gasteiger partial charge on any atom is 0.412 e. The molecule has 0 spiro atoms. The Bertz CT molecular complexity index is 252. The number of nitrogens with zero attached hydrogens (tertiary/aromatic N) is 1. The third-order valence-electron chi connectivity index (χ3n) is 2.03. The highest BCUT2D eigenvalue weighted by atomic mass is 19.3. The highest BCUT2D eigenvalue weighted by Crippen LogP contribution is 2.38. The summed E-state index contributed by atoms with van der Waals surface area (Å²) in [5.74, 6) is -5.32. The zero-order valence-corrected chi connectivity index (χ0v) is 7.48. The summed E-state index contributed by atoms with van der Waals surface area (Å²) in [6, 6.07) is -8.15. The summed E-state index contributed by atoms with van der Waals surface area (Å²) in [5, 5.41) is 0. The quantitative estimate of drug-likeness (QED) is 0.414. The van der Waals surface area contributed by atoms with Crippen LogP contribution in [0.25, 0.3) is 0 Å². The second-order valence-electron chi connectivity index (χ2n) is 2.99. The lowest BCUT2D eigenvalue weighted by Gasteiger charge is -2.36. The van der Waals surface area contributed by atoms with Crippen LogP contribution in [0.2, 0.25) is 0 Å². The van der Waals surface area contributed by atoms with Crippen molar-refractivity contribution in [2.24, 2.45) is 0 Å². The molecule has 0 aromatic heterocycles. The topological polar surface area (TPSA) is 29.5 Å². The third-order valence-corrected chi connectivity index (χ3v) is 2.03. The molecule has 0 aromatic rings. The molecule has 0 aliphatic carbocycles. The van der Waals surface area contributed by atoms with E-state index in [4.69, 9.17) is 0 Å². The molecule has 1 rings (SSSR count). The molecule has 0 radical (unpaired) electrons. The van der Waals surface area contributed by atoms with Crippen molar-refractivity contribution in [1.29, 1.82) is 0 Å². The summed E-state index contributed by atoms with van der Waals surface area (Å²) in [4.78, 5) is 9.84. The highest BCUT2D eigenvalue weighted by Gasteiger charge is 2.65. The van der Waals surface area contributed by atoms with Crippen molar-refractivity contribution in [2.45, 2.75) is 12.0 Å².